The fraction of sp³-hybridized carbons (Fsp3) is 0.235. The molecule has 0 amide bonds. The molecule has 3 rings (SSSR count). The Labute approximate surface area is 133 Å². The van der Waals surface area contributed by atoms with Crippen LogP contribution in [0.25, 0.3) is 0 Å². The lowest BCUT2D eigenvalue weighted by Crippen LogP contribution is -2.27. The molecule has 4 heteroatoms. The van der Waals surface area contributed by atoms with Gasteiger partial charge in [-0.1, -0.05) is 40.2 Å². The zero-order valence-corrected chi connectivity index (χ0v) is 13.4. The quantitative estimate of drug-likeness (QED) is 0.923. The molecule has 2 aromatic carbocycles. The molecule has 0 aliphatic carbocycles. The molecule has 0 bridgehead atoms. The first-order valence-electron chi connectivity index (χ1n) is 7.00. The zero-order chi connectivity index (χ0) is 14.8. The maximum absolute atomic E-state index is 6.09. The molecule has 0 spiro atoms. The van der Waals surface area contributed by atoms with Crippen molar-refractivity contribution in [2.24, 2.45) is 10.7 Å². The number of amidine groups is 1. The van der Waals surface area contributed by atoms with Crippen LogP contribution in [0.5, 0.6) is 5.75 Å². The minimum Gasteiger partial charge on any atom is -0.468 e. The summed E-state index contributed by atoms with van der Waals surface area (Å²) in [5, 5.41) is 0. The van der Waals surface area contributed by atoms with Crippen LogP contribution in [-0.2, 0) is 12.8 Å². The van der Waals surface area contributed by atoms with Crippen LogP contribution in [0.1, 0.15) is 23.6 Å². The van der Waals surface area contributed by atoms with E-state index in [4.69, 9.17) is 10.5 Å². The highest BCUT2D eigenvalue weighted by Gasteiger charge is 2.20. The third kappa shape index (κ3) is 3.10. The van der Waals surface area contributed by atoms with Gasteiger partial charge in [-0.3, -0.25) is 0 Å². The van der Waals surface area contributed by atoms with Crippen LogP contribution in [0, 0.1) is 0 Å². The molecule has 0 saturated heterocycles. The van der Waals surface area contributed by atoms with E-state index in [1.165, 1.54) is 11.1 Å². The van der Waals surface area contributed by atoms with E-state index in [2.05, 4.69) is 45.2 Å². The average Bonchev–Trinajstić information content (AvgIpc) is 2.44. The van der Waals surface area contributed by atoms with Gasteiger partial charge >= 0.3 is 0 Å². The van der Waals surface area contributed by atoms with Crippen molar-refractivity contribution in [3.05, 3.63) is 63.6 Å². The van der Waals surface area contributed by atoms with Gasteiger partial charge in [0.05, 0.1) is 5.56 Å². The Morgan fingerprint density at radius 2 is 2.00 bits per heavy atom. The minimum absolute atomic E-state index is 0.210. The van der Waals surface area contributed by atoms with Crippen molar-refractivity contribution in [3.8, 4) is 5.75 Å². The maximum atomic E-state index is 6.09. The predicted molar refractivity (Wildman–Crippen MR) is 88.8 cm³/mol. The molecule has 3 nitrogen and oxygen atoms in total. The normalized spacial score (nSPS) is 16.9. The maximum Gasteiger partial charge on any atom is 0.189 e. The largest absolute Gasteiger partial charge is 0.468 e. The summed E-state index contributed by atoms with van der Waals surface area (Å²) in [6.45, 7) is 1.89. The van der Waals surface area contributed by atoms with Gasteiger partial charge in [-0.15, -0.1) is 0 Å². The Kier molecular flexibility index (Phi) is 3.97. The van der Waals surface area contributed by atoms with Crippen molar-refractivity contribution >= 4 is 21.8 Å². The van der Waals surface area contributed by atoms with Crippen LogP contribution >= 0.6 is 15.9 Å². The third-order valence-corrected chi connectivity index (χ3v) is 4.05. The van der Waals surface area contributed by atoms with Gasteiger partial charge in [0, 0.05) is 4.47 Å². The highest BCUT2D eigenvalue weighted by Crippen LogP contribution is 2.28. The molecule has 2 N–H and O–H groups in total. The van der Waals surface area contributed by atoms with Crippen molar-refractivity contribution in [3.63, 3.8) is 0 Å². The monoisotopic (exact) mass is 344 g/mol. The Balaban J connectivity index is 1.85. The smallest absolute Gasteiger partial charge is 0.189 e. The first-order valence-corrected chi connectivity index (χ1v) is 7.79. The standard InChI is InChI=1S/C17H17BrN2O/c1-11-20-17(19)16-13(5-3-7-15(16)21-11)9-8-12-4-2-6-14(18)10-12/h2-7,10-11H,8-9H2,1H3,(H2,19,20). The van der Waals surface area contributed by atoms with Gasteiger partial charge in [-0.05, 0) is 49.1 Å². The molecule has 1 atom stereocenters. The Morgan fingerprint density at radius 1 is 1.19 bits per heavy atom. The van der Waals surface area contributed by atoms with E-state index in [0.717, 1.165) is 28.6 Å². The second-order valence-electron chi connectivity index (χ2n) is 5.15. The molecule has 0 radical (unpaired) electrons. The number of hydrogen-bond donors (Lipinski definition) is 1. The van der Waals surface area contributed by atoms with Gasteiger partial charge in [-0.25, -0.2) is 4.99 Å². The van der Waals surface area contributed by atoms with Crippen molar-refractivity contribution in [1.82, 2.24) is 0 Å². The van der Waals surface area contributed by atoms with Crippen LogP contribution in [0.4, 0.5) is 0 Å². The molecule has 1 aliphatic rings. The highest BCUT2D eigenvalue weighted by molar-refractivity contribution is 9.10. The zero-order valence-electron chi connectivity index (χ0n) is 11.8. The Hall–Kier alpha value is -1.81. The summed E-state index contributed by atoms with van der Waals surface area (Å²) >= 11 is 3.51. The van der Waals surface area contributed by atoms with E-state index in [0.29, 0.717) is 5.84 Å². The molecular formula is C17H17BrN2O. The molecule has 2 aromatic rings. The van der Waals surface area contributed by atoms with Crippen LogP contribution in [0.15, 0.2) is 51.9 Å². The third-order valence-electron chi connectivity index (χ3n) is 3.56. The second-order valence-corrected chi connectivity index (χ2v) is 6.07. The minimum atomic E-state index is -0.210. The van der Waals surface area contributed by atoms with Crippen molar-refractivity contribution < 1.29 is 4.74 Å². The van der Waals surface area contributed by atoms with Gasteiger partial charge in [0.1, 0.15) is 11.6 Å². The molecule has 0 aromatic heterocycles. The van der Waals surface area contributed by atoms with E-state index in [1.807, 2.05) is 25.1 Å². The number of nitrogens with two attached hydrogens (primary N) is 1. The lowest BCUT2D eigenvalue weighted by molar-refractivity contribution is 0.226. The summed E-state index contributed by atoms with van der Waals surface area (Å²) in [4.78, 5) is 4.32. The first-order chi connectivity index (χ1) is 10.1. The van der Waals surface area contributed by atoms with E-state index in [-0.39, 0.29) is 6.23 Å². The molecule has 108 valence electrons. The Morgan fingerprint density at radius 3 is 2.81 bits per heavy atom. The summed E-state index contributed by atoms with van der Waals surface area (Å²) in [7, 11) is 0. The number of halogens is 1. The number of aliphatic imine (C=N–C) groups is 1. The number of hydrogen-bond acceptors (Lipinski definition) is 3. The van der Waals surface area contributed by atoms with Crippen LogP contribution in [-0.4, -0.2) is 12.1 Å². The summed E-state index contributed by atoms with van der Waals surface area (Å²) in [6.07, 6.45) is 1.66. The fourth-order valence-corrected chi connectivity index (χ4v) is 3.06. The number of ether oxygens (including phenoxy) is 1. The van der Waals surface area contributed by atoms with E-state index < -0.39 is 0 Å². The van der Waals surface area contributed by atoms with Crippen molar-refractivity contribution in [2.75, 3.05) is 0 Å². The molecule has 0 fully saturated rings. The lowest BCUT2D eigenvalue weighted by atomic mass is 9.98. The predicted octanol–water partition coefficient (Wildman–Crippen LogP) is 3.68. The first kappa shape index (κ1) is 14.1. The lowest BCUT2D eigenvalue weighted by Gasteiger charge is -2.22. The topological polar surface area (TPSA) is 47.6 Å². The molecule has 0 saturated carbocycles. The molecule has 1 unspecified atom stereocenters. The number of aryl methyl sites for hydroxylation is 2. The number of nitrogens with zero attached hydrogens (tertiary/aromatic N) is 1. The van der Waals surface area contributed by atoms with Gasteiger partial charge < -0.3 is 10.5 Å². The van der Waals surface area contributed by atoms with E-state index in [1.54, 1.807) is 0 Å². The second kappa shape index (κ2) is 5.90. The summed E-state index contributed by atoms with van der Waals surface area (Å²) in [6, 6.07) is 14.4. The van der Waals surface area contributed by atoms with Crippen molar-refractivity contribution in [2.45, 2.75) is 26.0 Å². The SMILES string of the molecule is CC1N=C(N)c2c(CCc3cccc(Br)c3)cccc2O1. The fourth-order valence-electron chi connectivity index (χ4n) is 2.62. The van der Waals surface area contributed by atoms with Gasteiger partial charge in [0.25, 0.3) is 0 Å². The van der Waals surface area contributed by atoms with Crippen molar-refractivity contribution in [1.29, 1.82) is 0 Å². The molecule has 1 heterocycles. The van der Waals surface area contributed by atoms with E-state index >= 15 is 0 Å². The van der Waals surface area contributed by atoms with Crippen LogP contribution in [0.3, 0.4) is 0 Å². The molecule has 1 aliphatic heterocycles. The van der Waals surface area contributed by atoms with E-state index in [9.17, 15) is 0 Å². The van der Waals surface area contributed by atoms with Gasteiger partial charge in [-0.2, -0.15) is 0 Å². The summed E-state index contributed by atoms with van der Waals surface area (Å²) in [5.41, 5.74) is 9.52. The van der Waals surface area contributed by atoms with Gasteiger partial charge in [0.2, 0.25) is 0 Å². The summed E-state index contributed by atoms with van der Waals surface area (Å²) in [5.74, 6) is 1.41. The highest BCUT2D eigenvalue weighted by atomic mass is 79.9. The van der Waals surface area contributed by atoms with Crippen LogP contribution in [0.2, 0.25) is 0 Å². The molecule has 21 heavy (non-hydrogen) atoms. The average molecular weight is 345 g/mol. The number of fused-ring (bicyclic) bond motifs is 1. The number of rotatable bonds is 3. The summed E-state index contributed by atoms with van der Waals surface area (Å²) < 4.78 is 6.84. The number of benzene rings is 2. The van der Waals surface area contributed by atoms with Gasteiger partial charge in [0.15, 0.2) is 6.23 Å². The Bertz CT molecular complexity index is 697. The van der Waals surface area contributed by atoms with Crippen LogP contribution < -0.4 is 10.5 Å². The molecular weight excluding hydrogens is 328 g/mol.